The van der Waals surface area contributed by atoms with E-state index >= 15 is 0 Å². The fourth-order valence-corrected chi connectivity index (χ4v) is 3.03. The quantitative estimate of drug-likeness (QED) is 0.753. The van der Waals surface area contributed by atoms with Crippen molar-refractivity contribution in [2.24, 2.45) is 0 Å². The van der Waals surface area contributed by atoms with Crippen LogP contribution in [0, 0.1) is 6.92 Å². The lowest BCUT2D eigenvalue weighted by atomic mass is 10.2. The molecule has 3 aromatic rings. The van der Waals surface area contributed by atoms with Gasteiger partial charge in [0.2, 0.25) is 0 Å². The van der Waals surface area contributed by atoms with Gasteiger partial charge >= 0.3 is 0 Å². The number of aryl methyl sites for hydroxylation is 1. The summed E-state index contributed by atoms with van der Waals surface area (Å²) in [6.45, 7) is 2.83. The average molecular weight is 322 g/mol. The van der Waals surface area contributed by atoms with Gasteiger partial charge in [-0.15, -0.1) is 0 Å². The topological polar surface area (TPSA) is 47.3 Å². The second-order valence-corrected chi connectivity index (χ2v) is 6.62. The molecule has 1 unspecified atom stereocenters. The van der Waals surface area contributed by atoms with Gasteiger partial charge in [0.15, 0.2) is 0 Å². The van der Waals surface area contributed by atoms with Gasteiger partial charge in [-0.25, -0.2) is 4.98 Å². The molecule has 0 aliphatic heterocycles. The van der Waals surface area contributed by atoms with Gasteiger partial charge in [-0.3, -0.25) is 0 Å². The number of fused-ring (bicyclic) bond motifs is 1. The smallest absolute Gasteiger partial charge is 0.119 e. The number of rotatable bonds is 6. The molecule has 1 N–H and O–H groups in total. The lowest BCUT2D eigenvalue weighted by Gasteiger charge is -2.15. The first-order chi connectivity index (χ1) is 11.7. The molecule has 4 heteroatoms. The second-order valence-electron chi connectivity index (χ2n) is 6.62. The lowest BCUT2D eigenvalue weighted by Crippen LogP contribution is -2.24. The van der Waals surface area contributed by atoms with Crippen molar-refractivity contribution in [3.8, 4) is 5.75 Å². The van der Waals surface area contributed by atoms with Crippen LogP contribution in [0.15, 0.2) is 48.5 Å². The van der Waals surface area contributed by atoms with Gasteiger partial charge in [0.1, 0.15) is 24.3 Å². The number of hydrogen-bond acceptors (Lipinski definition) is 3. The largest absolute Gasteiger partial charge is 0.491 e. The highest BCUT2D eigenvalue weighted by Gasteiger charge is 2.30. The summed E-state index contributed by atoms with van der Waals surface area (Å²) in [6.07, 6.45) is 1.82. The number of aliphatic hydroxyl groups excluding tert-OH is 1. The summed E-state index contributed by atoms with van der Waals surface area (Å²) < 4.78 is 7.88. The molecule has 4 rings (SSSR count). The Kier molecular flexibility index (Phi) is 3.98. The predicted molar refractivity (Wildman–Crippen MR) is 94.4 cm³/mol. The maximum Gasteiger partial charge on any atom is 0.119 e. The first-order valence-electron chi connectivity index (χ1n) is 8.53. The zero-order chi connectivity index (χ0) is 16.5. The molecule has 2 aromatic carbocycles. The van der Waals surface area contributed by atoms with E-state index in [2.05, 4.69) is 10.6 Å². The molecule has 1 atom stereocenters. The SMILES string of the molecule is Cc1ccc(OCC(O)Cn2c(C3CC3)nc3ccccc32)cc1. The van der Waals surface area contributed by atoms with E-state index in [0.29, 0.717) is 12.5 Å². The maximum atomic E-state index is 10.4. The number of imidazole rings is 1. The summed E-state index contributed by atoms with van der Waals surface area (Å²) in [5.74, 6) is 2.44. The van der Waals surface area contributed by atoms with E-state index in [1.807, 2.05) is 49.4 Å². The molecule has 1 aliphatic rings. The monoisotopic (exact) mass is 322 g/mol. The number of nitrogens with zero attached hydrogens (tertiary/aromatic N) is 2. The summed E-state index contributed by atoms with van der Waals surface area (Å²) in [5, 5.41) is 10.4. The second kappa shape index (κ2) is 6.29. The molecule has 0 amide bonds. The standard InChI is InChI=1S/C20H22N2O2/c1-14-6-10-17(11-7-14)24-13-16(23)12-22-19-5-3-2-4-18(19)21-20(22)15-8-9-15/h2-7,10-11,15-16,23H,8-9,12-13H2,1H3. The molecule has 4 nitrogen and oxygen atoms in total. The third-order valence-corrected chi connectivity index (χ3v) is 4.48. The molecular weight excluding hydrogens is 300 g/mol. The Hall–Kier alpha value is -2.33. The van der Waals surface area contributed by atoms with Crippen LogP contribution >= 0.6 is 0 Å². The zero-order valence-electron chi connectivity index (χ0n) is 13.9. The van der Waals surface area contributed by atoms with Crippen molar-refractivity contribution in [3.63, 3.8) is 0 Å². The number of benzene rings is 2. The van der Waals surface area contributed by atoms with E-state index in [1.54, 1.807) is 0 Å². The van der Waals surface area contributed by atoms with E-state index in [4.69, 9.17) is 9.72 Å². The highest BCUT2D eigenvalue weighted by molar-refractivity contribution is 5.76. The molecule has 1 aromatic heterocycles. The number of ether oxygens (including phenoxy) is 1. The average Bonchev–Trinajstić information content (AvgIpc) is 3.38. The van der Waals surface area contributed by atoms with Crippen LogP contribution in [-0.2, 0) is 6.54 Å². The van der Waals surface area contributed by atoms with E-state index < -0.39 is 6.10 Å². The predicted octanol–water partition coefficient (Wildman–Crippen LogP) is 3.66. The first-order valence-corrected chi connectivity index (χ1v) is 8.53. The minimum atomic E-state index is -0.568. The summed E-state index contributed by atoms with van der Waals surface area (Å²) >= 11 is 0. The summed E-state index contributed by atoms with van der Waals surface area (Å²) in [4.78, 5) is 4.77. The van der Waals surface area contributed by atoms with Crippen molar-refractivity contribution in [2.45, 2.75) is 38.3 Å². The molecule has 0 bridgehead atoms. The third kappa shape index (κ3) is 3.15. The van der Waals surface area contributed by atoms with Crippen LogP contribution < -0.4 is 4.74 Å². The van der Waals surface area contributed by atoms with Gasteiger partial charge in [0.05, 0.1) is 17.6 Å². The van der Waals surface area contributed by atoms with Gasteiger partial charge < -0.3 is 14.4 Å². The Bertz CT molecular complexity index is 834. The molecule has 124 valence electrons. The molecule has 24 heavy (non-hydrogen) atoms. The van der Waals surface area contributed by atoms with Gasteiger partial charge in [-0.2, -0.15) is 0 Å². The Balaban J connectivity index is 1.49. The minimum absolute atomic E-state index is 0.277. The molecule has 0 spiro atoms. The summed E-state index contributed by atoms with van der Waals surface area (Å²) in [5.41, 5.74) is 3.29. The summed E-state index contributed by atoms with van der Waals surface area (Å²) in [7, 11) is 0. The van der Waals surface area contributed by atoms with Crippen LogP contribution in [0.25, 0.3) is 11.0 Å². The fourth-order valence-electron chi connectivity index (χ4n) is 3.03. The van der Waals surface area contributed by atoms with Crippen molar-refractivity contribution in [1.29, 1.82) is 0 Å². The van der Waals surface area contributed by atoms with Crippen molar-refractivity contribution in [2.75, 3.05) is 6.61 Å². The Morgan fingerprint density at radius 2 is 1.92 bits per heavy atom. The number of aliphatic hydroxyl groups is 1. The number of para-hydroxylation sites is 2. The Morgan fingerprint density at radius 1 is 1.17 bits per heavy atom. The maximum absolute atomic E-state index is 10.4. The third-order valence-electron chi connectivity index (χ3n) is 4.48. The number of aromatic nitrogens is 2. The molecule has 0 radical (unpaired) electrons. The van der Waals surface area contributed by atoms with Crippen LogP contribution in [0.2, 0.25) is 0 Å². The van der Waals surface area contributed by atoms with Crippen molar-refractivity contribution in [3.05, 3.63) is 59.9 Å². The highest BCUT2D eigenvalue weighted by Crippen LogP contribution is 2.40. The van der Waals surface area contributed by atoms with Crippen LogP contribution in [0.1, 0.15) is 30.1 Å². The van der Waals surface area contributed by atoms with Crippen LogP contribution in [0.4, 0.5) is 0 Å². The van der Waals surface area contributed by atoms with Crippen LogP contribution in [0.5, 0.6) is 5.75 Å². The van der Waals surface area contributed by atoms with Crippen molar-refractivity contribution >= 4 is 11.0 Å². The lowest BCUT2D eigenvalue weighted by molar-refractivity contribution is 0.0927. The van der Waals surface area contributed by atoms with Gasteiger partial charge in [-0.05, 0) is 44.0 Å². The van der Waals surface area contributed by atoms with Gasteiger partial charge in [-0.1, -0.05) is 29.8 Å². The molecule has 1 fully saturated rings. The summed E-state index contributed by atoms with van der Waals surface area (Å²) in [6, 6.07) is 16.0. The van der Waals surface area contributed by atoms with E-state index in [-0.39, 0.29) is 6.61 Å². The molecule has 1 heterocycles. The Morgan fingerprint density at radius 3 is 2.67 bits per heavy atom. The Labute approximate surface area is 141 Å². The van der Waals surface area contributed by atoms with Crippen LogP contribution in [-0.4, -0.2) is 27.4 Å². The normalized spacial score (nSPS) is 15.6. The van der Waals surface area contributed by atoms with E-state index in [9.17, 15) is 5.11 Å². The van der Waals surface area contributed by atoms with Gasteiger partial charge in [0, 0.05) is 5.92 Å². The molecule has 1 saturated carbocycles. The van der Waals surface area contributed by atoms with Crippen molar-refractivity contribution in [1.82, 2.24) is 9.55 Å². The minimum Gasteiger partial charge on any atom is -0.491 e. The number of hydrogen-bond donors (Lipinski definition) is 1. The molecule has 1 aliphatic carbocycles. The van der Waals surface area contributed by atoms with Crippen LogP contribution in [0.3, 0.4) is 0 Å². The van der Waals surface area contributed by atoms with Crippen molar-refractivity contribution < 1.29 is 9.84 Å². The fraction of sp³-hybridized carbons (Fsp3) is 0.350. The zero-order valence-corrected chi connectivity index (χ0v) is 13.9. The highest BCUT2D eigenvalue weighted by atomic mass is 16.5. The van der Waals surface area contributed by atoms with Gasteiger partial charge in [0.25, 0.3) is 0 Å². The first kappa shape index (κ1) is 15.2. The molecule has 0 saturated heterocycles. The van der Waals surface area contributed by atoms with E-state index in [0.717, 1.165) is 22.6 Å². The molecular formula is C20H22N2O2. The van der Waals surface area contributed by atoms with E-state index in [1.165, 1.54) is 18.4 Å².